The highest BCUT2D eigenvalue weighted by Gasteiger charge is 2.29. The van der Waals surface area contributed by atoms with E-state index in [1.165, 1.54) is 18.4 Å². The van der Waals surface area contributed by atoms with Gasteiger partial charge in [-0.05, 0) is 57.2 Å². The highest BCUT2D eigenvalue weighted by atomic mass is 32.2. The number of benzene rings is 1. The molecule has 2 heterocycles. The summed E-state index contributed by atoms with van der Waals surface area (Å²) in [6, 6.07) is 5.20. The fraction of sp³-hybridized carbons (Fsp3) is 0.632. The van der Waals surface area contributed by atoms with Gasteiger partial charge in [-0.2, -0.15) is 0 Å². The van der Waals surface area contributed by atoms with Crippen molar-refractivity contribution >= 4 is 21.6 Å². The molecule has 2 aliphatic heterocycles. The van der Waals surface area contributed by atoms with Crippen LogP contribution >= 0.6 is 0 Å². The van der Waals surface area contributed by atoms with E-state index >= 15 is 0 Å². The quantitative estimate of drug-likeness (QED) is 0.807. The summed E-state index contributed by atoms with van der Waals surface area (Å²) in [5.41, 5.74) is 1.38. The van der Waals surface area contributed by atoms with E-state index in [0.29, 0.717) is 5.56 Å². The molecule has 0 N–H and O–H groups in total. The molecule has 1 aromatic carbocycles. The van der Waals surface area contributed by atoms with Crippen molar-refractivity contribution in [1.29, 1.82) is 0 Å². The molecule has 144 valence electrons. The van der Waals surface area contributed by atoms with Crippen LogP contribution in [0.3, 0.4) is 0 Å². The minimum absolute atomic E-state index is 0.0464. The second-order valence-electron chi connectivity index (χ2n) is 7.50. The van der Waals surface area contributed by atoms with Gasteiger partial charge in [0.1, 0.15) is 0 Å². The first-order valence-electron chi connectivity index (χ1n) is 9.45. The van der Waals surface area contributed by atoms with Crippen molar-refractivity contribution in [2.24, 2.45) is 0 Å². The molecule has 7 heteroatoms. The van der Waals surface area contributed by atoms with Gasteiger partial charge in [0.2, 0.25) is 10.0 Å². The molecule has 0 aromatic heterocycles. The third kappa shape index (κ3) is 3.60. The van der Waals surface area contributed by atoms with Crippen molar-refractivity contribution in [3.05, 3.63) is 23.8 Å². The number of nitrogens with zero attached hydrogens (tertiary/aromatic N) is 3. The summed E-state index contributed by atoms with van der Waals surface area (Å²) >= 11 is 0. The maximum Gasteiger partial charge on any atom is 0.256 e. The molecule has 1 aromatic rings. The third-order valence-electron chi connectivity index (χ3n) is 5.49. The van der Waals surface area contributed by atoms with Gasteiger partial charge in [0.15, 0.2) is 0 Å². The zero-order chi connectivity index (χ0) is 18.9. The fourth-order valence-electron chi connectivity index (χ4n) is 3.85. The number of likely N-dealkylation sites (tertiary alicyclic amines) is 1. The molecule has 2 aliphatic rings. The smallest absolute Gasteiger partial charge is 0.256 e. The minimum atomic E-state index is -3.57. The van der Waals surface area contributed by atoms with Crippen LogP contribution in [0.4, 0.5) is 5.69 Å². The lowest BCUT2D eigenvalue weighted by atomic mass is 10.0. The highest BCUT2D eigenvalue weighted by Crippen LogP contribution is 2.30. The molecule has 1 unspecified atom stereocenters. The molecule has 0 aliphatic carbocycles. The van der Waals surface area contributed by atoms with Gasteiger partial charge in [0.25, 0.3) is 5.91 Å². The first kappa shape index (κ1) is 19.2. The Kier molecular flexibility index (Phi) is 5.58. The molecule has 3 rings (SSSR count). The second kappa shape index (κ2) is 7.56. The van der Waals surface area contributed by atoms with E-state index in [-0.39, 0.29) is 16.8 Å². The van der Waals surface area contributed by atoms with Crippen molar-refractivity contribution in [2.45, 2.75) is 50.0 Å². The lowest BCUT2D eigenvalue weighted by Gasteiger charge is -2.34. The van der Waals surface area contributed by atoms with Gasteiger partial charge < -0.3 is 9.80 Å². The molecular formula is C19H29N3O3S. The summed E-state index contributed by atoms with van der Waals surface area (Å²) in [6.07, 6.45) is 5.35. The SMILES string of the molecule is CC1CCCCN1C(=O)c1cc(S(=O)(=O)N(C)C)ccc1N1CCCC1. The summed E-state index contributed by atoms with van der Waals surface area (Å²) in [5.74, 6) is -0.0464. The van der Waals surface area contributed by atoms with Gasteiger partial charge in [-0.1, -0.05) is 0 Å². The van der Waals surface area contributed by atoms with Gasteiger partial charge in [-0.3, -0.25) is 4.79 Å². The topological polar surface area (TPSA) is 60.9 Å². The predicted octanol–water partition coefficient (Wildman–Crippen LogP) is 2.55. The summed E-state index contributed by atoms with van der Waals surface area (Å²) in [5, 5.41) is 0. The van der Waals surface area contributed by atoms with Crippen LogP contribution in [0.2, 0.25) is 0 Å². The molecule has 1 amide bonds. The summed E-state index contributed by atoms with van der Waals surface area (Å²) in [6.45, 7) is 4.64. The molecule has 0 bridgehead atoms. The molecule has 0 saturated carbocycles. The van der Waals surface area contributed by atoms with Crippen LogP contribution in [-0.4, -0.2) is 63.3 Å². The van der Waals surface area contributed by atoms with Crippen molar-refractivity contribution < 1.29 is 13.2 Å². The van der Waals surface area contributed by atoms with Crippen molar-refractivity contribution in [1.82, 2.24) is 9.21 Å². The number of anilines is 1. The number of hydrogen-bond donors (Lipinski definition) is 0. The van der Waals surface area contributed by atoms with Crippen LogP contribution < -0.4 is 4.90 Å². The summed E-state index contributed by atoms with van der Waals surface area (Å²) < 4.78 is 26.3. The van der Waals surface area contributed by atoms with E-state index in [4.69, 9.17) is 0 Å². The number of amides is 1. The number of hydrogen-bond acceptors (Lipinski definition) is 4. The van der Waals surface area contributed by atoms with Crippen LogP contribution in [-0.2, 0) is 10.0 Å². The largest absolute Gasteiger partial charge is 0.371 e. The zero-order valence-corrected chi connectivity index (χ0v) is 16.8. The molecule has 2 fully saturated rings. The van der Waals surface area contributed by atoms with Gasteiger partial charge >= 0.3 is 0 Å². The monoisotopic (exact) mass is 379 g/mol. The number of carbonyl (C=O) groups is 1. The van der Waals surface area contributed by atoms with Crippen LogP contribution in [0.5, 0.6) is 0 Å². The third-order valence-corrected chi connectivity index (χ3v) is 7.30. The van der Waals surface area contributed by atoms with E-state index in [9.17, 15) is 13.2 Å². The Bertz CT molecular complexity index is 770. The number of sulfonamides is 1. The molecule has 0 spiro atoms. The van der Waals surface area contributed by atoms with Crippen LogP contribution in [0.1, 0.15) is 49.4 Å². The normalized spacial score (nSPS) is 21.5. The van der Waals surface area contributed by atoms with E-state index < -0.39 is 10.0 Å². The number of rotatable bonds is 4. The Morgan fingerprint density at radius 2 is 1.73 bits per heavy atom. The van der Waals surface area contributed by atoms with E-state index in [1.54, 1.807) is 12.1 Å². The Labute approximate surface area is 156 Å². The standard InChI is InChI=1S/C19H29N3O3S/c1-15-8-4-5-13-22(15)19(23)17-14-16(26(24,25)20(2)3)9-10-18(17)21-11-6-7-12-21/h9-10,14-15H,4-8,11-13H2,1-3H3. The van der Waals surface area contributed by atoms with Gasteiger partial charge in [0.05, 0.1) is 10.5 Å². The van der Waals surface area contributed by atoms with Gasteiger partial charge in [0, 0.05) is 45.5 Å². The Hall–Kier alpha value is -1.60. The van der Waals surface area contributed by atoms with E-state index in [2.05, 4.69) is 11.8 Å². The Morgan fingerprint density at radius 1 is 1.08 bits per heavy atom. The van der Waals surface area contributed by atoms with Crippen LogP contribution in [0, 0.1) is 0 Å². The number of carbonyl (C=O) groups excluding carboxylic acids is 1. The summed E-state index contributed by atoms with van der Waals surface area (Å²) in [7, 11) is -0.550. The molecular weight excluding hydrogens is 350 g/mol. The van der Waals surface area contributed by atoms with E-state index in [1.807, 2.05) is 11.0 Å². The average molecular weight is 380 g/mol. The minimum Gasteiger partial charge on any atom is -0.371 e. The van der Waals surface area contributed by atoms with E-state index in [0.717, 1.165) is 57.4 Å². The fourth-order valence-corrected chi connectivity index (χ4v) is 4.77. The van der Waals surface area contributed by atoms with Gasteiger partial charge in [-0.25, -0.2) is 12.7 Å². The molecule has 1 atom stereocenters. The van der Waals surface area contributed by atoms with Crippen molar-refractivity contribution in [2.75, 3.05) is 38.6 Å². The highest BCUT2D eigenvalue weighted by molar-refractivity contribution is 7.89. The van der Waals surface area contributed by atoms with Crippen molar-refractivity contribution in [3.63, 3.8) is 0 Å². The molecule has 6 nitrogen and oxygen atoms in total. The van der Waals surface area contributed by atoms with Gasteiger partial charge in [-0.15, -0.1) is 0 Å². The first-order chi connectivity index (χ1) is 12.3. The van der Waals surface area contributed by atoms with Crippen LogP contribution in [0.25, 0.3) is 0 Å². The molecule has 26 heavy (non-hydrogen) atoms. The average Bonchev–Trinajstić information content (AvgIpc) is 3.15. The predicted molar refractivity (Wildman–Crippen MR) is 103 cm³/mol. The van der Waals surface area contributed by atoms with Crippen molar-refractivity contribution in [3.8, 4) is 0 Å². The Morgan fingerprint density at radius 3 is 2.35 bits per heavy atom. The first-order valence-corrected chi connectivity index (χ1v) is 10.9. The lowest BCUT2D eigenvalue weighted by molar-refractivity contribution is 0.0636. The second-order valence-corrected chi connectivity index (χ2v) is 9.66. The van der Waals surface area contributed by atoms with Crippen LogP contribution in [0.15, 0.2) is 23.1 Å². The number of piperidine rings is 1. The summed E-state index contributed by atoms with van der Waals surface area (Å²) in [4.78, 5) is 17.6. The molecule has 0 radical (unpaired) electrons. The molecule has 2 saturated heterocycles. The Balaban J connectivity index is 2.05. The zero-order valence-electron chi connectivity index (χ0n) is 15.9. The maximum absolute atomic E-state index is 13.3. The maximum atomic E-state index is 13.3. The lowest BCUT2D eigenvalue weighted by Crippen LogP contribution is -2.42.